The molecule has 0 aromatic carbocycles. The van der Waals surface area contributed by atoms with Crippen LogP contribution in [0, 0.1) is 0 Å². The van der Waals surface area contributed by atoms with E-state index < -0.39 is 0 Å². The minimum Gasteiger partial charge on any atom is -0.465 e. The van der Waals surface area contributed by atoms with Crippen molar-refractivity contribution < 1.29 is 9.53 Å². The SMILES string of the molecule is CCOC(=O)CN1C(=S)N[C@@H](c2ccccn2)[C@@H]1c1cccn1-c1cccnc1. The van der Waals surface area contributed by atoms with Gasteiger partial charge in [-0.1, -0.05) is 6.07 Å². The summed E-state index contributed by atoms with van der Waals surface area (Å²) in [6.45, 7) is 2.18. The Morgan fingerprint density at radius 2 is 2.10 bits per heavy atom. The van der Waals surface area contributed by atoms with Crippen LogP contribution in [0.3, 0.4) is 0 Å². The first kappa shape index (κ1) is 19.1. The van der Waals surface area contributed by atoms with Crippen LogP contribution in [0.1, 0.15) is 30.4 Å². The van der Waals surface area contributed by atoms with Gasteiger partial charge in [0.2, 0.25) is 0 Å². The Bertz CT molecular complexity index is 993. The van der Waals surface area contributed by atoms with Crippen LogP contribution in [-0.2, 0) is 9.53 Å². The van der Waals surface area contributed by atoms with Crippen molar-refractivity contribution >= 4 is 23.3 Å². The van der Waals surface area contributed by atoms with Crippen LogP contribution in [-0.4, -0.2) is 43.7 Å². The number of esters is 1. The highest BCUT2D eigenvalue weighted by Gasteiger charge is 2.42. The van der Waals surface area contributed by atoms with Crippen LogP contribution in [0.15, 0.2) is 67.3 Å². The molecule has 0 radical (unpaired) electrons. The Morgan fingerprint density at radius 1 is 1.21 bits per heavy atom. The molecular weight excluding hydrogens is 386 g/mol. The maximum atomic E-state index is 12.3. The molecule has 1 saturated heterocycles. The topological polar surface area (TPSA) is 72.3 Å². The molecule has 148 valence electrons. The average Bonchev–Trinajstić information content (AvgIpc) is 3.34. The van der Waals surface area contributed by atoms with E-state index in [2.05, 4.69) is 19.9 Å². The maximum Gasteiger partial charge on any atom is 0.325 e. The van der Waals surface area contributed by atoms with Gasteiger partial charge in [0.25, 0.3) is 0 Å². The number of carbonyl (C=O) groups excluding carboxylic acids is 1. The van der Waals surface area contributed by atoms with Gasteiger partial charge in [0.1, 0.15) is 6.54 Å². The van der Waals surface area contributed by atoms with Crippen molar-refractivity contribution in [3.63, 3.8) is 0 Å². The van der Waals surface area contributed by atoms with E-state index in [0.717, 1.165) is 17.1 Å². The average molecular weight is 407 g/mol. The van der Waals surface area contributed by atoms with Gasteiger partial charge in [-0.2, -0.15) is 0 Å². The first-order valence-corrected chi connectivity index (χ1v) is 9.81. The Morgan fingerprint density at radius 3 is 2.83 bits per heavy atom. The van der Waals surface area contributed by atoms with Crippen LogP contribution >= 0.6 is 12.2 Å². The maximum absolute atomic E-state index is 12.3. The van der Waals surface area contributed by atoms with E-state index in [0.29, 0.717) is 11.7 Å². The molecule has 1 fully saturated rings. The third kappa shape index (κ3) is 3.84. The second kappa shape index (κ2) is 8.40. The molecule has 3 aromatic rings. The van der Waals surface area contributed by atoms with E-state index in [1.54, 1.807) is 25.5 Å². The molecule has 0 bridgehead atoms. The van der Waals surface area contributed by atoms with Gasteiger partial charge in [-0.15, -0.1) is 0 Å². The quantitative estimate of drug-likeness (QED) is 0.498. The van der Waals surface area contributed by atoms with Crippen LogP contribution in [0.5, 0.6) is 0 Å². The van der Waals surface area contributed by atoms with Gasteiger partial charge >= 0.3 is 5.97 Å². The smallest absolute Gasteiger partial charge is 0.325 e. The van der Waals surface area contributed by atoms with Crippen molar-refractivity contribution in [1.29, 1.82) is 0 Å². The Balaban J connectivity index is 1.77. The van der Waals surface area contributed by atoms with Crippen LogP contribution < -0.4 is 5.32 Å². The molecule has 1 aliphatic rings. The zero-order valence-electron chi connectivity index (χ0n) is 15.9. The van der Waals surface area contributed by atoms with Gasteiger partial charge in [-0.05, 0) is 55.5 Å². The van der Waals surface area contributed by atoms with Gasteiger partial charge in [-0.25, -0.2) is 0 Å². The van der Waals surface area contributed by atoms with Gasteiger partial charge < -0.3 is 19.5 Å². The number of pyridine rings is 2. The summed E-state index contributed by atoms with van der Waals surface area (Å²) in [5, 5.41) is 3.84. The summed E-state index contributed by atoms with van der Waals surface area (Å²) in [6, 6.07) is 13.2. The number of ether oxygens (including phenoxy) is 1. The standard InChI is InChI=1S/C21H21N5O2S/c1-2-28-18(27)14-26-20(19(24-21(26)29)16-8-3-4-11-23-16)17-9-6-12-25(17)15-7-5-10-22-13-15/h3-13,19-20H,2,14H2,1H3,(H,24,29)/t19-,20-/m0/s1. The number of hydrogen-bond donors (Lipinski definition) is 1. The lowest BCUT2D eigenvalue weighted by atomic mass is 10.0. The minimum atomic E-state index is -0.317. The third-order valence-corrected chi connectivity index (χ3v) is 5.16. The molecule has 1 aliphatic heterocycles. The lowest BCUT2D eigenvalue weighted by molar-refractivity contribution is -0.143. The molecular formula is C21H21N5O2S. The van der Waals surface area contributed by atoms with Crippen molar-refractivity contribution in [3.8, 4) is 5.69 Å². The molecule has 4 rings (SSSR count). The highest BCUT2D eigenvalue weighted by Crippen LogP contribution is 2.39. The second-order valence-corrected chi connectivity index (χ2v) is 6.96. The number of rotatable bonds is 6. The fraction of sp³-hybridized carbons (Fsp3) is 0.238. The summed E-state index contributed by atoms with van der Waals surface area (Å²) in [6.07, 6.45) is 7.27. The molecule has 0 spiro atoms. The largest absolute Gasteiger partial charge is 0.465 e. The molecule has 0 amide bonds. The molecule has 7 nitrogen and oxygen atoms in total. The zero-order chi connectivity index (χ0) is 20.2. The van der Waals surface area contributed by atoms with E-state index in [9.17, 15) is 4.79 Å². The summed E-state index contributed by atoms with van der Waals surface area (Å²) < 4.78 is 7.23. The first-order valence-electron chi connectivity index (χ1n) is 9.40. The summed E-state index contributed by atoms with van der Waals surface area (Å²) in [5.41, 5.74) is 2.76. The van der Waals surface area contributed by atoms with Gasteiger partial charge in [0.05, 0.1) is 36.3 Å². The van der Waals surface area contributed by atoms with Crippen molar-refractivity contribution in [3.05, 3.63) is 78.6 Å². The van der Waals surface area contributed by atoms with E-state index >= 15 is 0 Å². The normalized spacial score (nSPS) is 18.5. The molecule has 0 saturated carbocycles. The third-order valence-electron chi connectivity index (χ3n) is 4.81. The summed E-state index contributed by atoms with van der Waals surface area (Å²) >= 11 is 5.59. The number of nitrogens with one attached hydrogen (secondary N) is 1. The zero-order valence-corrected chi connectivity index (χ0v) is 16.7. The molecule has 4 heterocycles. The van der Waals surface area contributed by atoms with Crippen LogP contribution in [0.4, 0.5) is 0 Å². The van der Waals surface area contributed by atoms with Crippen molar-refractivity contribution in [1.82, 2.24) is 24.8 Å². The highest BCUT2D eigenvalue weighted by molar-refractivity contribution is 7.80. The predicted octanol–water partition coefficient (Wildman–Crippen LogP) is 2.80. The predicted molar refractivity (Wildman–Crippen MR) is 112 cm³/mol. The van der Waals surface area contributed by atoms with Gasteiger partial charge in [-0.3, -0.25) is 14.8 Å². The van der Waals surface area contributed by atoms with Crippen molar-refractivity contribution in [2.75, 3.05) is 13.2 Å². The summed E-state index contributed by atoms with van der Waals surface area (Å²) in [4.78, 5) is 22.9. The first-order chi connectivity index (χ1) is 14.2. The number of hydrogen-bond acceptors (Lipinski definition) is 5. The van der Waals surface area contributed by atoms with Crippen molar-refractivity contribution in [2.45, 2.75) is 19.0 Å². The second-order valence-electron chi connectivity index (χ2n) is 6.57. The van der Waals surface area contributed by atoms with Crippen LogP contribution in [0.2, 0.25) is 0 Å². The Kier molecular flexibility index (Phi) is 5.53. The van der Waals surface area contributed by atoms with Crippen LogP contribution in [0.25, 0.3) is 5.69 Å². The van der Waals surface area contributed by atoms with E-state index in [4.69, 9.17) is 17.0 Å². The Hall–Kier alpha value is -3.26. The molecule has 0 aliphatic carbocycles. The van der Waals surface area contributed by atoms with Gasteiger partial charge in [0.15, 0.2) is 5.11 Å². The number of thiocarbonyl (C=S) groups is 1. The van der Waals surface area contributed by atoms with E-state index in [1.165, 1.54) is 0 Å². The van der Waals surface area contributed by atoms with Gasteiger partial charge in [0, 0.05) is 24.3 Å². The fourth-order valence-corrected chi connectivity index (χ4v) is 3.91. The summed E-state index contributed by atoms with van der Waals surface area (Å²) in [7, 11) is 0. The molecule has 29 heavy (non-hydrogen) atoms. The van der Waals surface area contributed by atoms with Crippen molar-refractivity contribution in [2.24, 2.45) is 0 Å². The summed E-state index contributed by atoms with van der Waals surface area (Å²) in [5.74, 6) is -0.317. The Labute approximate surface area is 174 Å². The van der Waals surface area contributed by atoms with E-state index in [1.807, 2.05) is 53.6 Å². The molecule has 3 aromatic heterocycles. The minimum absolute atomic E-state index is 0.0614. The lowest BCUT2D eigenvalue weighted by Gasteiger charge is -2.28. The monoisotopic (exact) mass is 407 g/mol. The number of aromatic nitrogens is 3. The molecule has 8 heteroatoms. The number of carbonyl (C=O) groups is 1. The fourth-order valence-electron chi connectivity index (χ4n) is 3.61. The lowest BCUT2D eigenvalue weighted by Crippen LogP contribution is -2.36. The highest BCUT2D eigenvalue weighted by atomic mass is 32.1. The molecule has 1 N–H and O–H groups in total. The number of nitrogens with zero attached hydrogens (tertiary/aromatic N) is 4. The molecule has 0 unspecified atom stereocenters. The van der Waals surface area contributed by atoms with E-state index in [-0.39, 0.29) is 24.6 Å². The molecule has 2 atom stereocenters.